The zero-order valence-electron chi connectivity index (χ0n) is 19.3. The maximum Gasteiger partial charge on any atom is 0.105 e. The molecule has 0 unspecified atom stereocenters. The van der Waals surface area contributed by atoms with Gasteiger partial charge in [0.25, 0.3) is 0 Å². The summed E-state index contributed by atoms with van der Waals surface area (Å²) in [6, 6.07) is 23.2. The van der Waals surface area contributed by atoms with Gasteiger partial charge < -0.3 is 0 Å². The molecule has 0 nitrogen and oxygen atoms in total. The Morgan fingerprint density at radius 1 is 0.407 bits per heavy atom. The SMILES string of the molecule is C[Si](C)(C)[Si](C)(C)[Si](C)(C)[Si](C)(C)[Si](C)(c1ccccc1)c1ccccc1. The Morgan fingerprint density at radius 2 is 0.741 bits per heavy atom. The van der Waals surface area contributed by atoms with Gasteiger partial charge >= 0.3 is 0 Å². The van der Waals surface area contributed by atoms with E-state index in [0.717, 1.165) is 0 Å². The quantitative estimate of drug-likeness (QED) is 0.504. The van der Waals surface area contributed by atoms with Crippen molar-refractivity contribution in [3.63, 3.8) is 0 Å². The monoisotopic (exact) mass is 444 g/mol. The van der Waals surface area contributed by atoms with E-state index in [1.54, 1.807) is 10.4 Å². The highest BCUT2D eigenvalue weighted by Gasteiger charge is 2.64. The highest BCUT2D eigenvalue weighted by molar-refractivity contribution is 7.93. The van der Waals surface area contributed by atoms with Gasteiger partial charge in [-0.1, -0.05) is 137 Å². The predicted octanol–water partition coefficient (Wildman–Crippen LogP) is 5.66. The smallest absolute Gasteiger partial charge is 0.0735 e. The lowest BCUT2D eigenvalue weighted by molar-refractivity contribution is 1.68. The number of benzene rings is 2. The van der Waals surface area contributed by atoms with Crippen molar-refractivity contribution < 1.29 is 0 Å². The molecule has 27 heavy (non-hydrogen) atoms. The Labute approximate surface area is 172 Å². The van der Waals surface area contributed by atoms with Crippen LogP contribution >= 0.6 is 0 Å². The highest BCUT2D eigenvalue weighted by atomic mass is 29.9. The topological polar surface area (TPSA) is 0 Å². The van der Waals surface area contributed by atoms with Crippen molar-refractivity contribution in [3.05, 3.63) is 60.7 Å². The van der Waals surface area contributed by atoms with Crippen LogP contribution in [0.15, 0.2) is 60.7 Å². The minimum absolute atomic E-state index is 1.15. The second-order valence-electron chi connectivity index (χ2n) is 11.0. The lowest BCUT2D eigenvalue weighted by Crippen LogP contribution is -2.89. The van der Waals surface area contributed by atoms with Crippen molar-refractivity contribution in [2.24, 2.45) is 0 Å². The predicted molar refractivity (Wildman–Crippen MR) is 140 cm³/mol. The van der Waals surface area contributed by atoms with E-state index in [4.69, 9.17) is 0 Å². The van der Waals surface area contributed by atoms with Crippen molar-refractivity contribution in [1.82, 2.24) is 0 Å². The van der Waals surface area contributed by atoms with Crippen molar-refractivity contribution in [1.29, 1.82) is 0 Å². The van der Waals surface area contributed by atoms with Crippen LogP contribution in [-0.2, 0) is 0 Å². The molecule has 5 heteroatoms. The van der Waals surface area contributed by atoms with Gasteiger partial charge in [-0.15, -0.1) is 0 Å². The summed E-state index contributed by atoms with van der Waals surface area (Å²) in [6.45, 7) is 27.4. The molecule has 0 amide bonds. The van der Waals surface area contributed by atoms with Gasteiger partial charge in [-0.05, 0) is 0 Å². The summed E-state index contributed by atoms with van der Waals surface area (Å²) >= 11 is 0. The fourth-order valence-electron chi connectivity index (χ4n) is 4.78. The zero-order chi connectivity index (χ0) is 20.7. The zero-order valence-corrected chi connectivity index (χ0v) is 24.3. The molecule has 0 heterocycles. The lowest BCUT2D eigenvalue weighted by atomic mass is 10.4. The summed E-state index contributed by atoms with van der Waals surface area (Å²) < 4.78 is 0. The summed E-state index contributed by atoms with van der Waals surface area (Å²) in [6.07, 6.45) is 0. The lowest BCUT2D eigenvalue weighted by Gasteiger charge is -2.59. The third-order valence-corrected chi connectivity index (χ3v) is 102. The van der Waals surface area contributed by atoms with Gasteiger partial charge in [-0.25, -0.2) is 0 Å². The molecule has 2 aromatic rings. The molecule has 2 rings (SSSR count). The molecule has 0 radical (unpaired) electrons. The summed E-state index contributed by atoms with van der Waals surface area (Å²) in [5.41, 5.74) is 0. The third kappa shape index (κ3) is 3.50. The van der Waals surface area contributed by atoms with Gasteiger partial charge in [-0.3, -0.25) is 0 Å². The van der Waals surface area contributed by atoms with Crippen LogP contribution in [-0.4, -0.2) is 36.5 Å². The Hall–Kier alpha value is -0.476. The molecule has 2 aromatic carbocycles. The molecule has 148 valence electrons. The Morgan fingerprint density at radius 3 is 1.04 bits per heavy atom. The van der Waals surface area contributed by atoms with Gasteiger partial charge in [-0.2, -0.15) is 0 Å². The van der Waals surface area contributed by atoms with Crippen LogP contribution < -0.4 is 10.4 Å². The average Bonchev–Trinajstić information content (AvgIpc) is 2.61. The minimum atomic E-state index is -1.80. The van der Waals surface area contributed by atoms with Gasteiger partial charge in [0.15, 0.2) is 0 Å². The van der Waals surface area contributed by atoms with Crippen LogP contribution in [0.4, 0.5) is 0 Å². The first-order chi connectivity index (χ1) is 12.2. The van der Waals surface area contributed by atoms with Gasteiger partial charge in [0.05, 0.1) is 0 Å². The van der Waals surface area contributed by atoms with Crippen molar-refractivity contribution >= 4 is 46.9 Å². The highest BCUT2D eigenvalue weighted by Crippen LogP contribution is 2.39. The normalized spacial score (nSPS) is 14.3. The maximum absolute atomic E-state index is 2.81. The van der Waals surface area contributed by atoms with Gasteiger partial charge in [0.2, 0.25) is 0 Å². The molecule has 0 aliphatic rings. The largest absolute Gasteiger partial charge is 0.105 e. The molecule has 0 aliphatic carbocycles. The third-order valence-electron chi connectivity index (χ3n) is 8.95. The van der Waals surface area contributed by atoms with Crippen molar-refractivity contribution in [2.75, 3.05) is 0 Å². The van der Waals surface area contributed by atoms with Crippen LogP contribution in [0, 0.1) is 0 Å². The first kappa shape index (κ1) is 22.8. The Kier molecular flexibility index (Phi) is 6.26. The fraction of sp³-hybridized carbons (Fsp3) is 0.455. The molecule has 0 atom stereocenters. The summed E-state index contributed by atoms with van der Waals surface area (Å²) in [5.74, 6) is 0. The molecule has 0 aromatic heterocycles. The molecule has 0 fully saturated rings. The van der Waals surface area contributed by atoms with Crippen LogP contribution in [0.3, 0.4) is 0 Å². The molecule has 0 aliphatic heterocycles. The van der Waals surface area contributed by atoms with Crippen LogP contribution in [0.5, 0.6) is 0 Å². The standard InChI is InChI=1S/C22H40Si5/c1-23(2,3)24(4,5)25(6,7)26(8,9)27(10,21-17-13-11-14-18-21)22-19-15-12-16-20-22/h11-20H,1-10H3. The van der Waals surface area contributed by atoms with E-state index in [9.17, 15) is 0 Å². The first-order valence-electron chi connectivity index (χ1n) is 10.3. The summed E-state index contributed by atoms with van der Waals surface area (Å²) in [7, 11) is -7.15. The van der Waals surface area contributed by atoms with E-state index >= 15 is 0 Å². The molecule has 0 bridgehead atoms. The second kappa shape index (κ2) is 7.41. The van der Waals surface area contributed by atoms with E-state index in [2.05, 4.69) is 126 Å². The molecular weight excluding hydrogens is 405 g/mol. The van der Waals surface area contributed by atoms with E-state index in [1.807, 2.05) is 0 Å². The molecule has 0 saturated carbocycles. The van der Waals surface area contributed by atoms with Crippen molar-refractivity contribution in [2.45, 2.75) is 65.5 Å². The van der Waals surface area contributed by atoms with E-state index in [0.29, 0.717) is 0 Å². The van der Waals surface area contributed by atoms with Crippen LogP contribution in [0.2, 0.25) is 65.5 Å². The molecule has 0 spiro atoms. The van der Waals surface area contributed by atoms with E-state index < -0.39 is 36.5 Å². The second-order valence-corrected chi connectivity index (χ2v) is 63.1. The average molecular weight is 445 g/mol. The summed E-state index contributed by atoms with van der Waals surface area (Å²) in [4.78, 5) is 0. The maximum atomic E-state index is 2.81. The molecule has 0 N–H and O–H groups in total. The summed E-state index contributed by atoms with van der Waals surface area (Å²) in [5, 5.41) is 3.32. The van der Waals surface area contributed by atoms with Crippen molar-refractivity contribution in [3.8, 4) is 0 Å². The van der Waals surface area contributed by atoms with Crippen LogP contribution in [0.1, 0.15) is 0 Å². The van der Waals surface area contributed by atoms with Gasteiger partial charge in [0.1, 0.15) is 7.59 Å². The first-order valence-corrected chi connectivity index (χ1v) is 29.3. The molecular formula is C22H40Si5. The number of hydrogen-bond donors (Lipinski definition) is 0. The van der Waals surface area contributed by atoms with E-state index in [1.165, 1.54) is 0 Å². The molecule has 0 saturated heterocycles. The fourth-order valence-corrected chi connectivity index (χ4v) is 114. The Bertz CT molecular complexity index is 719. The number of hydrogen-bond acceptors (Lipinski definition) is 0. The van der Waals surface area contributed by atoms with Gasteiger partial charge in [0, 0.05) is 28.9 Å². The Balaban J connectivity index is 2.80. The minimum Gasteiger partial charge on any atom is -0.0735 e. The van der Waals surface area contributed by atoms with Crippen LogP contribution in [0.25, 0.3) is 0 Å². The number of rotatable bonds is 6. The van der Waals surface area contributed by atoms with E-state index in [-0.39, 0.29) is 0 Å².